The number of benzene rings is 1. The fraction of sp³-hybridized carbons (Fsp3) is 0.182. The molecule has 66 valence electrons. The van der Waals surface area contributed by atoms with Gasteiger partial charge in [-0.15, -0.1) is 0 Å². The lowest BCUT2D eigenvalue weighted by atomic mass is 10.2. The second kappa shape index (κ2) is 4.74. The van der Waals surface area contributed by atoms with Gasteiger partial charge >= 0.3 is 0 Å². The van der Waals surface area contributed by atoms with Gasteiger partial charge in [0.2, 0.25) is 0 Å². The van der Waals surface area contributed by atoms with E-state index in [1.165, 1.54) is 5.57 Å². The van der Waals surface area contributed by atoms with E-state index in [0.717, 1.165) is 10.5 Å². The Morgan fingerprint density at radius 2 is 2.08 bits per heavy atom. The van der Waals surface area contributed by atoms with Crippen molar-refractivity contribution in [2.75, 3.05) is 0 Å². The van der Waals surface area contributed by atoms with Crippen molar-refractivity contribution in [1.82, 2.24) is 0 Å². The first-order valence-electron chi connectivity index (χ1n) is 4.03. The lowest BCUT2D eigenvalue weighted by molar-refractivity contribution is 1.37. The van der Waals surface area contributed by atoms with Crippen molar-refractivity contribution in [1.29, 1.82) is 5.26 Å². The molecular weight excluding hydrogens is 178 g/mol. The molecule has 13 heavy (non-hydrogen) atoms. The summed E-state index contributed by atoms with van der Waals surface area (Å²) >= 11 is 1.60. The summed E-state index contributed by atoms with van der Waals surface area (Å²) in [4.78, 5) is 1.02. The van der Waals surface area contributed by atoms with E-state index >= 15 is 0 Å². The maximum atomic E-state index is 8.80. The van der Waals surface area contributed by atoms with Gasteiger partial charge in [-0.25, -0.2) is 0 Å². The fourth-order valence-corrected chi connectivity index (χ4v) is 1.60. The first-order valence-corrected chi connectivity index (χ1v) is 4.91. The highest BCUT2D eigenvalue weighted by Crippen LogP contribution is 2.23. The van der Waals surface area contributed by atoms with Crippen molar-refractivity contribution in [3.63, 3.8) is 0 Å². The molecule has 1 rings (SSSR count). The van der Waals surface area contributed by atoms with Crippen LogP contribution in [-0.4, -0.2) is 0 Å². The Bertz CT molecular complexity index is 357. The van der Waals surface area contributed by atoms with E-state index in [2.05, 4.69) is 11.5 Å². The summed E-state index contributed by atoms with van der Waals surface area (Å²) in [6.07, 6.45) is 0. The molecule has 2 heteroatoms. The molecule has 0 amide bonds. The van der Waals surface area contributed by atoms with Crippen LogP contribution in [0, 0.1) is 11.3 Å². The molecule has 1 nitrogen and oxygen atoms in total. The molecular formula is C11H11NS. The Kier molecular flexibility index (Phi) is 3.60. The number of thioether (sulfide) groups is 1. The van der Waals surface area contributed by atoms with E-state index in [4.69, 9.17) is 5.26 Å². The number of rotatable bonds is 2. The van der Waals surface area contributed by atoms with E-state index in [-0.39, 0.29) is 0 Å². The minimum atomic E-state index is 0.741. The summed E-state index contributed by atoms with van der Waals surface area (Å²) < 4.78 is 0. The van der Waals surface area contributed by atoms with Crippen LogP contribution in [0.3, 0.4) is 0 Å². The van der Waals surface area contributed by atoms with Gasteiger partial charge in [-0.2, -0.15) is 5.26 Å². The molecule has 0 bridgehead atoms. The van der Waals surface area contributed by atoms with Crippen molar-refractivity contribution in [2.45, 2.75) is 18.7 Å². The summed E-state index contributed by atoms with van der Waals surface area (Å²) in [6.45, 7) is 4.09. The average molecular weight is 189 g/mol. The van der Waals surface area contributed by atoms with E-state index in [1.807, 2.05) is 38.1 Å². The van der Waals surface area contributed by atoms with Crippen LogP contribution in [-0.2, 0) is 0 Å². The topological polar surface area (TPSA) is 23.8 Å². The molecule has 0 heterocycles. The highest BCUT2D eigenvalue weighted by atomic mass is 32.2. The van der Waals surface area contributed by atoms with E-state index < -0.39 is 0 Å². The normalized spacial score (nSPS) is 9.00. The van der Waals surface area contributed by atoms with Gasteiger partial charge in [0.15, 0.2) is 0 Å². The van der Waals surface area contributed by atoms with Crippen molar-refractivity contribution in [3.05, 3.63) is 40.8 Å². The molecule has 0 N–H and O–H groups in total. The van der Waals surface area contributed by atoms with Gasteiger partial charge in [0, 0.05) is 4.90 Å². The zero-order valence-corrected chi connectivity index (χ0v) is 8.56. The van der Waals surface area contributed by atoms with Crippen molar-refractivity contribution in [2.24, 2.45) is 0 Å². The highest BCUT2D eigenvalue weighted by molar-refractivity contribution is 8.02. The van der Waals surface area contributed by atoms with Gasteiger partial charge in [-0.3, -0.25) is 0 Å². The number of allylic oxidation sites excluding steroid dienone is 1. The first kappa shape index (κ1) is 9.88. The average Bonchev–Trinajstić information content (AvgIpc) is 2.15. The Morgan fingerprint density at radius 1 is 1.38 bits per heavy atom. The van der Waals surface area contributed by atoms with Crippen molar-refractivity contribution < 1.29 is 0 Å². The molecule has 0 aliphatic rings. The molecule has 0 fully saturated rings. The van der Waals surface area contributed by atoms with Gasteiger partial charge in [0.05, 0.1) is 5.56 Å². The lowest BCUT2D eigenvalue weighted by Gasteiger charge is -1.98. The van der Waals surface area contributed by atoms with Gasteiger partial charge in [-0.05, 0) is 31.4 Å². The Balaban J connectivity index is 2.89. The van der Waals surface area contributed by atoms with Crippen molar-refractivity contribution >= 4 is 11.8 Å². The summed E-state index contributed by atoms with van der Waals surface area (Å²) in [6, 6.07) is 9.79. The summed E-state index contributed by atoms with van der Waals surface area (Å²) in [7, 11) is 0. The minimum absolute atomic E-state index is 0.741. The Morgan fingerprint density at radius 3 is 2.69 bits per heavy atom. The largest absolute Gasteiger partial charge is 0.192 e. The predicted molar refractivity (Wildman–Crippen MR) is 56.4 cm³/mol. The van der Waals surface area contributed by atoms with Gasteiger partial charge in [-0.1, -0.05) is 29.5 Å². The predicted octanol–water partition coefficient (Wildman–Crippen LogP) is 3.57. The zero-order valence-electron chi connectivity index (χ0n) is 7.74. The molecule has 1 aromatic rings. The second-order valence-corrected chi connectivity index (χ2v) is 3.83. The lowest BCUT2D eigenvalue weighted by Crippen LogP contribution is -1.77. The van der Waals surface area contributed by atoms with E-state index in [0.29, 0.717) is 0 Å². The van der Waals surface area contributed by atoms with Crippen LogP contribution in [0.1, 0.15) is 19.4 Å². The molecule has 0 saturated carbocycles. The monoisotopic (exact) mass is 189 g/mol. The second-order valence-electron chi connectivity index (χ2n) is 2.92. The molecule has 0 unspecified atom stereocenters. The van der Waals surface area contributed by atoms with Gasteiger partial charge < -0.3 is 0 Å². The maximum Gasteiger partial charge on any atom is 0.100 e. The molecule has 0 aliphatic heterocycles. The van der Waals surface area contributed by atoms with Crippen LogP contribution >= 0.6 is 11.8 Å². The summed E-state index contributed by atoms with van der Waals surface area (Å²) in [5, 5.41) is 10.9. The van der Waals surface area contributed by atoms with E-state index in [1.54, 1.807) is 11.8 Å². The molecule has 1 aromatic carbocycles. The quantitative estimate of drug-likeness (QED) is 0.664. The number of hydrogen-bond donors (Lipinski definition) is 0. The number of nitrogens with zero attached hydrogens (tertiary/aromatic N) is 1. The molecule has 0 radical (unpaired) electrons. The zero-order chi connectivity index (χ0) is 9.68. The van der Waals surface area contributed by atoms with Crippen molar-refractivity contribution in [3.8, 4) is 6.07 Å². The van der Waals surface area contributed by atoms with Crippen LogP contribution in [0.15, 0.2) is 40.1 Å². The third-order valence-electron chi connectivity index (χ3n) is 1.43. The van der Waals surface area contributed by atoms with Crippen LogP contribution < -0.4 is 0 Å². The Hall–Kier alpha value is -1.20. The fourth-order valence-electron chi connectivity index (χ4n) is 0.843. The van der Waals surface area contributed by atoms with Crippen LogP contribution in [0.5, 0.6) is 0 Å². The summed E-state index contributed by atoms with van der Waals surface area (Å²) in [5.41, 5.74) is 1.99. The smallest absolute Gasteiger partial charge is 0.100 e. The van der Waals surface area contributed by atoms with E-state index in [9.17, 15) is 0 Å². The van der Waals surface area contributed by atoms with Crippen LogP contribution in [0.25, 0.3) is 0 Å². The highest BCUT2D eigenvalue weighted by Gasteiger charge is 1.98. The SMILES string of the molecule is CC(C)=CSc1ccccc1C#N. The standard InChI is InChI=1S/C11H11NS/c1-9(2)8-13-11-6-4-3-5-10(11)7-12/h3-6,8H,1-2H3. The third-order valence-corrected chi connectivity index (χ3v) is 2.63. The molecule has 0 aliphatic carbocycles. The third kappa shape index (κ3) is 2.96. The van der Waals surface area contributed by atoms with Gasteiger partial charge in [0.1, 0.15) is 6.07 Å². The Labute approximate surface area is 83.1 Å². The first-order chi connectivity index (χ1) is 6.24. The maximum absolute atomic E-state index is 8.80. The number of hydrogen-bond acceptors (Lipinski definition) is 2. The molecule has 0 aromatic heterocycles. The molecule has 0 atom stereocenters. The van der Waals surface area contributed by atoms with Crippen LogP contribution in [0.4, 0.5) is 0 Å². The summed E-state index contributed by atoms with van der Waals surface area (Å²) in [5.74, 6) is 0. The number of nitriles is 1. The van der Waals surface area contributed by atoms with Crippen LogP contribution in [0.2, 0.25) is 0 Å². The minimum Gasteiger partial charge on any atom is -0.192 e. The molecule has 0 spiro atoms. The molecule has 0 saturated heterocycles. The van der Waals surface area contributed by atoms with Gasteiger partial charge in [0.25, 0.3) is 0 Å².